The van der Waals surface area contributed by atoms with Gasteiger partial charge in [-0.1, -0.05) is 42.5 Å². The summed E-state index contributed by atoms with van der Waals surface area (Å²) >= 11 is 0. The Morgan fingerprint density at radius 1 is 0.952 bits per heavy atom. The zero-order valence-electron chi connectivity index (χ0n) is 12.2. The maximum Gasteiger partial charge on any atom is 0.142 e. The van der Waals surface area contributed by atoms with Gasteiger partial charge in [-0.15, -0.1) is 0 Å². The van der Waals surface area contributed by atoms with Crippen LogP contribution in [0.3, 0.4) is 0 Å². The van der Waals surface area contributed by atoms with Crippen LogP contribution < -0.4 is 9.64 Å². The number of methoxy groups -OCH3 is 1. The standard InChI is InChI=1S/C19H19NO/c1-21-19-15-9-8-14-18(19)20(16-10-4-2-5-11-16)17-12-6-3-7-13-17/h2-6,8-12,14-15H,7,13H2,1H3. The van der Waals surface area contributed by atoms with Crippen molar-refractivity contribution in [2.75, 3.05) is 12.0 Å². The van der Waals surface area contributed by atoms with Crippen molar-refractivity contribution in [1.29, 1.82) is 0 Å². The summed E-state index contributed by atoms with van der Waals surface area (Å²) in [6.45, 7) is 0. The fourth-order valence-corrected chi connectivity index (χ4v) is 2.63. The summed E-state index contributed by atoms with van der Waals surface area (Å²) in [6.07, 6.45) is 8.62. The summed E-state index contributed by atoms with van der Waals surface area (Å²) in [5.41, 5.74) is 3.52. The van der Waals surface area contributed by atoms with Gasteiger partial charge in [-0.05, 0) is 43.2 Å². The van der Waals surface area contributed by atoms with Crippen LogP contribution >= 0.6 is 0 Å². The third-order valence-corrected chi connectivity index (χ3v) is 3.62. The number of hydrogen-bond donors (Lipinski definition) is 0. The van der Waals surface area contributed by atoms with Gasteiger partial charge >= 0.3 is 0 Å². The normalized spacial score (nSPS) is 13.7. The zero-order chi connectivity index (χ0) is 14.5. The Labute approximate surface area is 126 Å². The largest absolute Gasteiger partial charge is 0.495 e. The lowest BCUT2D eigenvalue weighted by Gasteiger charge is -2.29. The maximum absolute atomic E-state index is 5.55. The zero-order valence-corrected chi connectivity index (χ0v) is 12.2. The Morgan fingerprint density at radius 3 is 2.43 bits per heavy atom. The number of hydrogen-bond acceptors (Lipinski definition) is 2. The van der Waals surface area contributed by atoms with E-state index in [1.165, 1.54) is 5.70 Å². The van der Waals surface area contributed by atoms with Crippen LogP contribution in [-0.2, 0) is 0 Å². The van der Waals surface area contributed by atoms with Gasteiger partial charge < -0.3 is 9.64 Å². The lowest BCUT2D eigenvalue weighted by Crippen LogP contribution is -2.17. The Balaban J connectivity index is 2.12. The monoisotopic (exact) mass is 277 g/mol. The van der Waals surface area contributed by atoms with Gasteiger partial charge in [0.25, 0.3) is 0 Å². The Kier molecular flexibility index (Phi) is 4.06. The van der Waals surface area contributed by atoms with Crippen molar-refractivity contribution in [3.63, 3.8) is 0 Å². The van der Waals surface area contributed by atoms with Gasteiger partial charge in [0.05, 0.1) is 12.8 Å². The molecule has 106 valence electrons. The van der Waals surface area contributed by atoms with E-state index in [1.807, 2.05) is 24.3 Å². The van der Waals surface area contributed by atoms with Crippen LogP contribution in [0.2, 0.25) is 0 Å². The number of nitrogens with zero attached hydrogens (tertiary/aromatic N) is 1. The predicted molar refractivity (Wildman–Crippen MR) is 88.0 cm³/mol. The average molecular weight is 277 g/mol. The highest BCUT2D eigenvalue weighted by Crippen LogP contribution is 2.38. The summed E-state index contributed by atoms with van der Waals surface area (Å²) in [5, 5.41) is 0. The first-order chi connectivity index (χ1) is 10.4. The van der Waals surface area contributed by atoms with E-state index in [0.29, 0.717) is 0 Å². The van der Waals surface area contributed by atoms with E-state index in [2.05, 4.69) is 53.5 Å². The molecular formula is C19H19NO. The molecule has 0 saturated heterocycles. The molecule has 0 aliphatic heterocycles. The van der Waals surface area contributed by atoms with Crippen molar-refractivity contribution < 1.29 is 4.74 Å². The number of rotatable bonds is 4. The van der Waals surface area contributed by atoms with Gasteiger partial charge in [-0.3, -0.25) is 0 Å². The number of anilines is 2. The molecule has 2 nitrogen and oxygen atoms in total. The molecule has 0 radical (unpaired) electrons. The molecule has 1 aliphatic rings. The highest BCUT2D eigenvalue weighted by Gasteiger charge is 2.18. The van der Waals surface area contributed by atoms with Crippen LogP contribution in [0, 0.1) is 0 Å². The van der Waals surface area contributed by atoms with E-state index in [-0.39, 0.29) is 0 Å². The number of allylic oxidation sites excluding steroid dienone is 4. The van der Waals surface area contributed by atoms with E-state index >= 15 is 0 Å². The summed E-state index contributed by atoms with van der Waals surface area (Å²) in [7, 11) is 1.72. The Morgan fingerprint density at radius 2 is 1.71 bits per heavy atom. The molecular weight excluding hydrogens is 258 g/mol. The summed E-state index contributed by atoms with van der Waals surface area (Å²) < 4.78 is 5.55. The quantitative estimate of drug-likeness (QED) is 0.773. The van der Waals surface area contributed by atoms with E-state index < -0.39 is 0 Å². The molecule has 21 heavy (non-hydrogen) atoms. The molecule has 0 aromatic heterocycles. The maximum atomic E-state index is 5.55. The van der Waals surface area contributed by atoms with Crippen molar-refractivity contribution in [1.82, 2.24) is 0 Å². The minimum absolute atomic E-state index is 0.886. The van der Waals surface area contributed by atoms with Crippen LogP contribution in [0.25, 0.3) is 0 Å². The first kappa shape index (κ1) is 13.5. The first-order valence-corrected chi connectivity index (χ1v) is 7.24. The molecule has 0 saturated carbocycles. The fraction of sp³-hybridized carbons (Fsp3) is 0.158. The van der Waals surface area contributed by atoms with E-state index in [0.717, 1.165) is 30.0 Å². The van der Waals surface area contributed by atoms with Gasteiger partial charge in [0.2, 0.25) is 0 Å². The second-order valence-corrected chi connectivity index (χ2v) is 4.97. The molecule has 2 aromatic rings. The molecule has 0 bridgehead atoms. The van der Waals surface area contributed by atoms with Crippen LogP contribution in [0.5, 0.6) is 5.75 Å². The van der Waals surface area contributed by atoms with Gasteiger partial charge in [-0.25, -0.2) is 0 Å². The van der Waals surface area contributed by atoms with E-state index in [9.17, 15) is 0 Å². The SMILES string of the molecule is COc1ccccc1N(C1=CC=CCC1)c1ccccc1. The summed E-state index contributed by atoms with van der Waals surface area (Å²) in [6, 6.07) is 18.6. The third-order valence-electron chi connectivity index (χ3n) is 3.62. The lowest BCUT2D eigenvalue weighted by molar-refractivity contribution is 0.415. The molecule has 2 aromatic carbocycles. The van der Waals surface area contributed by atoms with Crippen molar-refractivity contribution >= 4 is 11.4 Å². The second kappa shape index (κ2) is 6.31. The topological polar surface area (TPSA) is 12.5 Å². The van der Waals surface area contributed by atoms with Gasteiger partial charge in [0, 0.05) is 11.4 Å². The fourth-order valence-electron chi connectivity index (χ4n) is 2.63. The molecule has 2 heteroatoms. The average Bonchev–Trinajstić information content (AvgIpc) is 2.58. The molecule has 0 unspecified atom stereocenters. The molecule has 0 amide bonds. The van der Waals surface area contributed by atoms with Gasteiger partial charge in [0.15, 0.2) is 0 Å². The van der Waals surface area contributed by atoms with Crippen molar-refractivity contribution in [2.45, 2.75) is 12.8 Å². The third kappa shape index (κ3) is 2.84. The van der Waals surface area contributed by atoms with Gasteiger partial charge in [-0.2, -0.15) is 0 Å². The van der Waals surface area contributed by atoms with Crippen molar-refractivity contribution in [3.05, 3.63) is 78.5 Å². The van der Waals surface area contributed by atoms with E-state index in [4.69, 9.17) is 4.74 Å². The van der Waals surface area contributed by atoms with Crippen LogP contribution in [-0.4, -0.2) is 7.11 Å². The van der Waals surface area contributed by atoms with Crippen molar-refractivity contribution in [3.8, 4) is 5.75 Å². The van der Waals surface area contributed by atoms with Crippen LogP contribution in [0.4, 0.5) is 11.4 Å². The summed E-state index contributed by atoms with van der Waals surface area (Å²) in [5.74, 6) is 0.886. The van der Waals surface area contributed by atoms with Crippen molar-refractivity contribution in [2.24, 2.45) is 0 Å². The molecule has 0 spiro atoms. The smallest absolute Gasteiger partial charge is 0.142 e. The van der Waals surface area contributed by atoms with Gasteiger partial charge in [0.1, 0.15) is 5.75 Å². The molecule has 1 aliphatic carbocycles. The highest BCUT2D eigenvalue weighted by atomic mass is 16.5. The molecule has 0 heterocycles. The molecule has 0 atom stereocenters. The van der Waals surface area contributed by atoms with Crippen LogP contribution in [0.15, 0.2) is 78.5 Å². The van der Waals surface area contributed by atoms with E-state index in [1.54, 1.807) is 7.11 Å². The Hall–Kier alpha value is -2.48. The minimum Gasteiger partial charge on any atom is -0.495 e. The predicted octanol–water partition coefficient (Wildman–Crippen LogP) is 5.07. The minimum atomic E-state index is 0.886. The van der Waals surface area contributed by atoms with Crippen LogP contribution in [0.1, 0.15) is 12.8 Å². The lowest BCUT2D eigenvalue weighted by atomic mass is 10.1. The summed E-state index contributed by atoms with van der Waals surface area (Å²) in [4.78, 5) is 2.28. The molecule has 0 N–H and O–H groups in total. The number of ether oxygens (including phenoxy) is 1. The highest BCUT2D eigenvalue weighted by molar-refractivity contribution is 5.73. The Bertz CT molecular complexity index is 658. The molecule has 3 rings (SSSR count). The number of para-hydroxylation sites is 3. The second-order valence-electron chi connectivity index (χ2n) is 4.97. The molecule has 0 fully saturated rings. The first-order valence-electron chi connectivity index (χ1n) is 7.24. The number of benzene rings is 2.